The molecule has 0 saturated carbocycles. The minimum Gasteiger partial charge on any atom is -0.495 e. The van der Waals surface area contributed by atoms with Crippen molar-refractivity contribution in [2.24, 2.45) is 0 Å². The fraction of sp³-hybridized carbons (Fsp3) is 0.462. The molecule has 0 bridgehead atoms. The second kappa shape index (κ2) is 7.72. The number of methoxy groups -OCH3 is 2. The highest BCUT2D eigenvalue weighted by Crippen LogP contribution is 2.57. The topological polar surface area (TPSA) is 35.5 Å². The Labute approximate surface area is 179 Å². The van der Waals surface area contributed by atoms with Gasteiger partial charge in [-0.25, -0.2) is 0 Å². The largest absolute Gasteiger partial charge is 0.495 e. The van der Waals surface area contributed by atoms with Crippen LogP contribution in [0.2, 0.25) is 0 Å². The molecule has 1 aliphatic carbocycles. The molecule has 1 aliphatic rings. The molecular formula is C13H10Br6O3. The number of ether oxygens (including phenoxy) is 2. The van der Waals surface area contributed by atoms with E-state index >= 15 is 0 Å². The van der Waals surface area contributed by atoms with Crippen molar-refractivity contribution in [1.82, 2.24) is 0 Å². The summed E-state index contributed by atoms with van der Waals surface area (Å²) in [6, 6.07) is 0. The maximum atomic E-state index is 12.5. The predicted molar refractivity (Wildman–Crippen MR) is 109 cm³/mol. The summed E-state index contributed by atoms with van der Waals surface area (Å²) in [5.74, 6) is 1.36. The lowest BCUT2D eigenvalue weighted by Crippen LogP contribution is -2.26. The van der Waals surface area contributed by atoms with Gasteiger partial charge < -0.3 is 9.47 Å². The number of ketones is 1. The summed E-state index contributed by atoms with van der Waals surface area (Å²) in [6.45, 7) is 0. The van der Waals surface area contributed by atoms with Crippen LogP contribution in [0.15, 0.2) is 8.95 Å². The van der Waals surface area contributed by atoms with Crippen LogP contribution >= 0.6 is 95.6 Å². The van der Waals surface area contributed by atoms with Gasteiger partial charge in [0, 0.05) is 11.1 Å². The Morgan fingerprint density at radius 2 is 1.05 bits per heavy atom. The summed E-state index contributed by atoms with van der Waals surface area (Å²) in [7, 11) is 3.20. The van der Waals surface area contributed by atoms with Gasteiger partial charge in [0.1, 0.15) is 11.5 Å². The smallest absolute Gasteiger partial charge is 0.163 e. The molecule has 2 rings (SSSR count). The van der Waals surface area contributed by atoms with Gasteiger partial charge in [0.25, 0.3) is 0 Å². The molecule has 0 heterocycles. The first-order valence-electron chi connectivity index (χ1n) is 6.00. The Hall–Kier alpha value is 1.37. The molecule has 0 fully saturated rings. The van der Waals surface area contributed by atoms with E-state index < -0.39 is 9.65 Å². The van der Waals surface area contributed by atoms with Crippen molar-refractivity contribution in [2.75, 3.05) is 14.2 Å². The Bertz CT molecular complexity index is 570. The van der Waals surface area contributed by atoms with Crippen molar-refractivity contribution >= 4 is 101 Å². The van der Waals surface area contributed by atoms with Crippen LogP contribution in [0.1, 0.15) is 20.8 Å². The first kappa shape index (κ1) is 19.7. The van der Waals surface area contributed by atoms with Crippen molar-refractivity contribution < 1.29 is 14.3 Å². The summed E-state index contributed by atoms with van der Waals surface area (Å²) in [4.78, 5) is 11.2. The number of hydrogen-bond acceptors (Lipinski definition) is 3. The molecule has 0 radical (unpaired) electrons. The summed E-state index contributed by atoms with van der Waals surface area (Å²) in [5.41, 5.74) is 1.74. The fourth-order valence-corrected chi connectivity index (χ4v) is 6.35. The number of carbonyl (C=O) groups excluding carboxylic acids is 1. The molecule has 0 N–H and O–H groups in total. The van der Waals surface area contributed by atoms with Crippen LogP contribution in [0.25, 0.3) is 0 Å². The molecule has 22 heavy (non-hydrogen) atoms. The van der Waals surface area contributed by atoms with E-state index in [0.717, 1.165) is 20.1 Å². The number of alkyl halides is 4. The van der Waals surface area contributed by atoms with Crippen molar-refractivity contribution in [2.45, 2.75) is 19.3 Å². The maximum absolute atomic E-state index is 12.5. The van der Waals surface area contributed by atoms with Gasteiger partial charge in [-0.2, -0.15) is 0 Å². The summed E-state index contributed by atoms with van der Waals surface area (Å²) < 4.78 is 12.7. The standard InChI is InChI=1S/C13H10Br6O3/c1-21-12-3-4(13(22-2)10(19)9(12)18)6(15)8(17)11(20)7(16)5(3)14/h5-8H,1-2H3. The average molecular weight is 694 g/mol. The molecule has 4 unspecified atom stereocenters. The highest BCUT2D eigenvalue weighted by Gasteiger charge is 2.44. The van der Waals surface area contributed by atoms with E-state index in [0.29, 0.717) is 11.5 Å². The second-order valence-electron chi connectivity index (χ2n) is 4.53. The quantitative estimate of drug-likeness (QED) is 0.273. The normalized spacial score (nSPS) is 28.1. The van der Waals surface area contributed by atoms with Gasteiger partial charge in [-0.1, -0.05) is 63.7 Å². The second-order valence-corrected chi connectivity index (χ2v) is 10.1. The van der Waals surface area contributed by atoms with Crippen LogP contribution in [0.4, 0.5) is 0 Å². The molecule has 9 heteroatoms. The molecule has 0 amide bonds. The Kier molecular flexibility index (Phi) is 6.91. The Morgan fingerprint density at radius 3 is 1.32 bits per heavy atom. The van der Waals surface area contributed by atoms with E-state index in [9.17, 15) is 4.79 Å². The lowest BCUT2D eigenvalue weighted by Gasteiger charge is -2.24. The third-order valence-corrected chi connectivity index (χ3v) is 10.8. The summed E-state index contributed by atoms with van der Waals surface area (Å²) in [6.07, 6.45) is 0. The zero-order valence-electron chi connectivity index (χ0n) is 11.3. The predicted octanol–water partition coefficient (Wildman–Crippen LogP) is 6.21. The van der Waals surface area contributed by atoms with E-state index in [1.54, 1.807) is 14.2 Å². The molecule has 3 nitrogen and oxygen atoms in total. The van der Waals surface area contributed by atoms with Crippen molar-refractivity contribution in [3.8, 4) is 11.5 Å². The third-order valence-electron chi connectivity index (χ3n) is 3.39. The SMILES string of the molecule is COc1c(Br)c(Br)c(OC)c2c1C(Br)C(Br)C(=O)C(Br)C2Br. The number of fused-ring (bicyclic) bond motifs is 1. The van der Waals surface area contributed by atoms with Gasteiger partial charge in [0.05, 0.1) is 42.5 Å². The first-order chi connectivity index (χ1) is 10.3. The van der Waals surface area contributed by atoms with Gasteiger partial charge in [-0.15, -0.1) is 0 Å². The monoisotopic (exact) mass is 688 g/mol. The van der Waals surface area contributed by atoms with Gasteiger partial charge in [-0.3, -0.25) is 4.79 Å². The van der Waals surface area contributed by atoms with Crippen LogP contribution in [-0.2, 0) is 4.79 Å². The van der Waals surface area contributed by atoms with Gasteiger partial charge in [0.15, 0.2) is 5.78 Å². The molecular weight excluding hydrogens is 684 g/mol. The summed E-state index contributed by atoms with van der Waals surface area (Å²) in [5, 5.41) is 0. The lowest BCUT2D eigenvalue weighted by atomic mass is 10.0. The number of Topliss-reactive ketones (excluding diaryl/α,β-unsaturated/α-hetero) is 1. The van der Waals surface area contributed by atoms with E-state index in [-0.39, 0.29) is 15.4 Å². The molecule has 0 aromatic heterocycles. The van der Waals surface area contributed by atoms with Crippen LogP contribution in [0.5, 0.6) is 11.5 Å². The number of rotatable bonds is 2. The third kappa shape index (κ3) is 3.11. The number of halogens is 6. The van der Waals surface area contributed by atoms with Crippen LogP contribution in [0.3, 0.4) is 0 Å². The minimum absolute atomic E-state index is 0.0382. The maximum Gasteiger partial charge on any atom is 0.163 e. The molecule has 1 aromatic rings. The first-order valence-corrected chi connectivity index (χ1v) is 11.2. The van der Waals surface area contributed by atoms with Gasteiger partial charge in [0.2, 0.25) is 0 Å². The van der Waals surface area contributed by atoms with Crippen LogP contribution < -0.4 is 9.47 Å². The Morgan fingerprint density at radius 1 is 0.727 bits per heavy atom. The van der Waals surface area contributed by atoms with Crippen molar-refractivity contribution in [3.63, 3.8) is 0 Å². The zero-order valence-corrected chi connectivity index (χ0v) is 20.8. The molecule has 0 aliphatic heterocycles. The molecule has 122 valence electrons. The van der Waals surface area contributed by atoms with E-state index in [1.165, 1.54) is 0 Å². The van der Waals surface area contributed by atoms with E-state index in [4.69, 9.17) is 9.47 Å². The highest BCUT2D eigenvalue weighted by atomic mass is 79.9. The van der Waals surface area contributed by atoms with Gasteiger partial charge >= 0.3 is 0 Å². The molecule has 4 atom stereocenters. The molecule has 1 aromatic carbocycles. The average Bonchev–Trinajstić information content (AvgIpc) is 2.57. The summed E-state index contributed by atoms with van der Waals surface area (Å²) >= 11 is 21.3. The van der Waals surface area contributed by atoms with Crippen molar-refractivity contribution in [1.29, 1.82) is 0 Å². The molecule has 0 saturated heterocycles. The van der Waals surface area contributed by atoms with E-state index in [1.807, 2.05) is 0 Å². The fourth-order valence-electron chi connectivity index (χ4n) is 2.36. The Balaban J connectivity index is 2.91. The van der Waals surface area contributed by atoms with E-state index in [2.05, 4.69) is 95.6 Å². The van der Waals surface area contributed by atoms with Crippen LogP contribution in [-0.4, -0.2) is 29.7 Å². The molecule has 0 spiro atoms. The number of benzene rings is 1. The van der Waals surface area contributed by atoms with Gasteiger partial charge in [-0.05, 0) is 31.9 Å². The van der Waals surface area contributed by atoms with Crippen molar-refractivity contribution in [3.05, 3.63) is 20.1 Å². The zero-order chi connectivity index (χ0) is 16.8. The van der Waals surface area contributed by atoms with Crippen LogP contribution in [0, 0.1) is 0 Å². The number of hydrogen-bond donors (Lipinski definition) is 0. The minimum atomic E-state index is -0.398. The lowest BCUT2D eigenvalue weighted by molar-refractivity contribution is -0.117. The highest BCUT2D eigenvalue weighted by molar-refractivity contribution is 9.13. The number of carbonyl (C=O) groups is 1.